The molecule has 0 spiro atoms. The molecule has 0 saturated carbocycles. The van der Waals surface area contributed by atoms with E-state index in [9.17, 15) is 0 Å². The third-order valence-corrected chi connectivity index (χ3v) is 20.7. The van der Waals surface area contributed by atoms with E-state index in [2.05, 4.69) is 194 Å². The Kier molecular flexibility index (Phi) is 10.5. The van der Waals surface area contributed by atoms with Crippen molar-refractivity contribution in [2.75, 3.05) is 0 Å². The summed E-state index contributed by atoms with van der Waals surface area (Å²) in [6.07, 6.45) is 14.0. The molecule has 14 rings (SSSR count). The summed E-state index contributed by atoms with van der Waals surface area (Å²) in [5, 5.41) is 31.3. The monoisotopic (exact) mass is 976 g/mol. The number of hydrogen-bond donors (Lipinski definition) is 0. The van der Waals surface area contributed by atoms with Gasteiger partial charge in [0, 0.05) is 114 Å². The smallest absolute Gasteiger partial charge is 0.0430 e. The highest BCUT2D eigenvalue weighted by Crippen LogP contribution is 2.58. The highest BCUT2D eigenvalue weighted by Gasteiger charge is 2.29. The van der Waals surface area contributed by atoms with Crippen LogP contribution in [-0.2, 0) is 25.7 Å². The third-order valence-electron chi connectivity index (χ3n) is 15.8. The van der Waals surface area contributed by atoms with Gasteiger partial charge in [-0.3, -0.25) is 0 Å². The maximum atomic E-state index is 2.65. The van der Waals surface area contributed by atoms with Crippen LogP contribution in [0.5, 0.6) is 0 Å². The van der Waals surface area contributed by atoms with E-state index in [0.29, 0.717) is 0 Å². The van der Waals surface area contributed by atoms with E-state index in [1.807, 2.05) is 0 Å². The van der Waals surface area contributed by atoms with Crippen LogP contribution in [0.4, 0.5) is 0 Å². The van der Waals surface area contributed by atoms with Crippen molar-refractivity contribution in [2.24, 2.45) is 0 Å². The molecule has 4 aromatic heterocycles. The molecule has 10 aromatic carbocycles. The van der Waals surface area contributed by atoms with Crippen molar-refractivity contribution >= 4 is 183 Å². The van der Waals surface area contributed by atoms with E-state index >= 15 is 0 Å². The zero-order valence-corrected chi connectivity index (χ0v) is 43.9. The van der Waals surface area contributed by atoms with Gasteiger partial charge in [-0.05, 0) is 119 Å². The van der Waals surface area contributed by atoms with Crippen molar-refractivity contribution in [3.63, 3.8) is 0 Å². The molecule has 4 heterocycles. The van der Waals surface area contributed by atoms with Crippen molar-refractivity contribution in [3.8, 4) is 0 Å². The van der Waals surface area contributed by atoms with Gasteiger partial charge in [-0.25, -0.2) is 0 Å². The molecule has 0 atom stereocenters. The zero-order chi connectivity index (χ0) is 46.8. The van der Waals surface area contributed by atoms with E-state index in [-0.39, 0.29) is 0 Å². The number of unbranched alkanes of at least 4 members (excludes halogenated alkanes) is 4. The lowest BCUT2D eigenvalue weighted by atomic mass is 9.79. The van der Waals surface area contributed by atoms with E-state index < -0.39 is 0 Å². The largest absolute Gasteiger partial charge is 0.140 e. The Bertz CT molecular complexity index is 3900. The van der Waals surface area contributed by atoms with Gasteiger partial charge in [0.15, 0.2) is 0 Å². The number of thiophene rings is 4. The summed E-state index contributed by atoms with van der Waals surface area (Å²) in [4.78, 5) is 6.02. The number of aryl methyl sites for hydroxylation is 4. The Morgan fingerprint density at radius 2 is 0.443 bits per heavy atom. The lowest BCUT2D eigenvalue weighted by molar-refractivity contribution is 0.804. The molecule has 0 unspecified atom stereocenters. The van der Waals surface area contributed by atoms with Crippen molar-refractivity contribution in [3.05, 3.63) is 141 Å². The molecule has 0 fully saturated rings. The fourth-order valence-corrected chi connectivity index (χ4v) is 17.7. The molecule has 0 N–H and O–H groups in total. The minimum atomic E-state index is 1.11. The second-order valence-corrected chi connectivity index (χ2v) is 24.7. The van der Waals surface area contributed by atoms with Gasteiger partial charge in [-0.1, -0.05) is 150 Å². The van der Waals surface area contributed by atoms with Gasteiger partial charge in [0.2, 0.25) is 0 Å². The Balaban J connectivity index is 1.41. The molecule has 0 aliphatic heterocycles. The minimum absolute atomic E-state index is 1.11. The number of rotatable bonds is 12. The van der Waals surface area contributed by atoms with Gasteiger partial charge < -0.3 is 0 Å². The van der Waals surface area contributed by atoms with Crippen LogP contribution in [0.2, 0.25) is 0 Å². The van der Waals surface area contributed by atoms with E-state index in [4.69, 9.17) is 0 Å². The first kappa shape index (κ1) is 43.2. The molecular weight excluding hydrogens is 921 g/mol. The quantitative estimate of drug-likeness (QED) is 0.107. The van der Waals surface area contributed by atoms with Crippen LogP contribution in [0.3, 0.4) is 0 Å². The number of hydrogen-bond acceptors (Lipinski definition) is 4. The molecule has 344 valence electrons. The third kappa shape index (κ3) is 6.22. The molecule has 4 heteroatoms. The second kappa shape index (κ2) is 17.0. The van der Waals surface area contributed by atoms with Crippen LogP contribution in [-0.4, -0.2) is 0 Å². The van der Waals surface area contributed by atoms with Gasteiger partial charge in [-0.15, -0.1) is 45.3 Å². The first-order chi connectivity index (χ1) is 34.6. The SMILES string of the molecule is CCCCc1cc2c(s1)c1ccccc1c1c3c4ccccc4c4sc(CCCC)cc4c3c3c4c5cc(CCCC)sc5c5ccccc5c4c4c5ccccc5c5sc(CCCC)cc5c4c3c21. The normalized spacial score (nSPS) is 12.7. The average molecular weight is 977 g/mol. The van der Waals surface area contributed by atoms with Crippen LogP contribution >= 0.6 is 45.3 Å². The highest BCUT2D eigenvalue weighted by atomic mass is 32.1. The Morgan fingerprint density at radius 3 is 0.657 bits per heavy atom. The summed E-state index contributed by atoms with van der Waals surface area (Å²) >= 11 is 8.25. The van der Waals surface area contributed by atoms with E-state index in [1.54, 1.807) is 0 Å². The molecule has 0 amide bonds. The predicted octanol–water partition coefficient (Wildman–Crippen LogP) is 22.3. The number of benzene rings is 10. The van der Waals surface area contributed by atoms with E-state index in [1.165, 1.54) is 208 Å². The molecule has 0 saturated heterocycles. The second-order valence-electron chi connectivity index (χ2n) is 20.2. The van der Waals surface area contributed by atoms with Crippen LogP contribution in [0, 0.1) is 0 Å². The molecule has 70 heavy (non-hydrogen) atoms. The first-order valence-electron chi connectivity index (χ1n) is 26.2. The minimum Gasteiger partial charge on any atom is -0.140 e. The summed E-state index contributed by atoms with van der Waals surface area (Å²) in [6.45, 7) is 9.36. The van der Waals surface area contributed by atoms with Crippen LogP contribution in [0.15, 0.2) is 121 Å². The van der Waals surface area contributed by atoms with Crippen molar-refractivity contribution in [2.45, 2.75) is 105 Å². The van der Waals surface area contributed by atoms with Gasteiger partial charge >= 0.3 is 0 Å². The lowest BCUT2D eigenvalue weighted by Gasteiger charge is -2.23. The summed E-state index contributed by atoms with van der Waals surface area (Å²) in [5.74, 6) is 0. The number of fused-ring (bicyclic) bond motifs is 31. The average Bonchev–Trinajstić information content (AvgIpc) is 4.23. The lowest BCUT2D eigenvalue weighted by Crippen LogP contribution is -1.94. The summed E-state index contributed by atoms with van der Waals surface area (Å²) in [7, 11) is 0. The van der Waals surface area contributed by atoms with E-state index in [0.717, 1.165) is 25.7 Å². The van der Waals surface area contributed by atoms with Gasteiger partial charge in [0.05, 0.1) is 0 Å². The molecule has 0 bridgehead atoms. The van der Waals surface area contributed by atoms with Crippen molar-refractivity contribution in [1.29, 1.82) is 0 Å². The Hall–Kier alpha value is -5.62. The molecule has 0 nitrogen and oxygen atoms in total. The molecule has 0 aliphatic carbocycles. The van der Waals surface area contributed by atoms with Crippen LogP contribution in [0.1, 0.15) is 98.6 Å². The van der Waals surface area contributed by atoms with Crippen molar-refractivity contribution in [1.82, 2.24) is 0 Å². The molecule has 0 aliphatic rings. The van der Waals surface area contributed by atoms with Gasteiger partial charge in [0.1, 0.15) is 0 Å². The fraction of sp³-hybridized carbons (Fsp3) is 0.242. The summed E-state index contributed by atoms with van der Waals surface area (Å²) in [6, 6.07) is 48.6. The predicted molar refractivity (Wildman–Crippen MR) is 320 cm³/mol. The fourth-order valence-electron chi connectivity index (χ4n) is 12.7. The van der Waals surface area contributed by atoms with Crippen LogP contribution in [0.25, 0.3) is 137 Å². The van der Waals surface area contributed by atoms with Crippen molar-refractivity contribution < 1.29 is 0 Å². The zero-order valence-electron chi connectivity index (χ0n) is 40.7. The summed E-state index contributed by atoms with van der Waals surface area (Å²) < 4.78 is 5.77. The molecular formula is C66H56S4. The van der Waals surface area contributed by atoms with Gasteiger partial charge in [-0.2, -0.15) is 0 Å². The molecule has 0 radical (unpaired) electrons. The Labute approximate surface area is 425 Å². The first-order valence-corrected chi connectivity index (χ1v) is 29.5. The topological polar surface area (TPSA) is 0 Å². The van der Waals surface area contributed by atoms with Crippen LogP contribution < -0.4 is 0 Å². The maximum absolute atomic E-state index is 2.65. The highest BCUT2D eigenvalue weighted by molar-refractivity contribution is 7.21. The molecule has 14 aromatic rings. The van der Waals surface area contributed by atoms with Gasteiger partial charge in [0.25, 0.3) is 0 Å². The Morgan fingerprint density at radius 1 is 0.243 bits per heavy atom. The summed E-state index contributed by atoms with van der Waals surface area (Å²) in [5.41, 5.74) is 0. The maximum Gasteiger partial charge on any atom is 0.0430 e. The standard InChI is InChI=1S/C66H56S4/c1-5-9-21-37-33-49-57-53(41-25-13-17-29-45(41)63(49)67-37)54-42-26-14-18-30-46(42)65-51(35-39(69-65)23-11-7-3)59(54)62-60-52-36-40(24-12-8-4)70-66(52)48-32-20-16-28-44(48)56(60)55-43-27-15-19-31-47(43)64-50(58(55)61(57)62)34-38(68-64)22-10-6-2/h13-20,25-36H,5-12,21-24H2,1-4H3.